The van der Waals surface area contributed by atoms with E-state index in [4.69, 9.17) is 23.2 Å². The predicted octanol–water partition coefficient (Wildman–Crippen LogP) is 4.18. The van der Waals surface area contributed by atoms with E-state index in [1.54, 1.807) is 37.4 Å². The van der Waals surface area contributed by atoms with E-state index in [1.165, 1.54) is 22.6 Å². The van der Waals surface area contributed by atoms with Crippen LogP contribution in [0.5, 0.6) is 0 Å². The molecule has 1 aromatic carbocycles. The van der Waals surface area contributed by atoms with E-state index in [9.17, 15) is 4.79 Å². The van der Waals surface area contributed by atoms with Crippen molar-refractivity contribution < 1.29 is 4.79 Å². The molecule has 0 atom stereocenters. The highest BCUT2D eigenvalue weighted by molar-refractivity contribution is 7.14. The van der Waals surface area contributed by atoms with Crippen molar-refractivity contribution in [3.05, 3.63) is 57.8 Å². The summed E-state index contributed by atoms with van der Waals surface area (Å²) >= 11 is 13.0. The molecular formula is C15H10Cl2N4OS. The van der Waals surface area contributed by atoms with Gasteiger partial charge < -0.3 is 0 Å². The summed E-state index contributed by atoms with van der Waals surface area (Å²) in [5.74, 6) is -0.164. The second-order valence-corrected chi connectivity index (χ2v) is 6.27. The van der Waals surface area contributed by atoms with Gasteiger partial charge in [-0.1, -0.05) is 23.2 Å². The number of aromatic nitrogens is 3. The minimum absolute atomic E-state index is 0.164. The summed E-state index contributed by atoms with van der Waals surface area (Å²) in [6, 6.07) is 8.35. The summed E-state index contributed by atoms with van der Waals surface area (Å²) in [4.78, 5) is 26.3. The molecule has 3 rings (SSSR count). The lowest BCUT2D eigenvalue weighted by atomic mass is 10.2. The number of halogens is 2. The molecule has 0 fully saturated rings. The van der Waals surface area contributed by atoms with Gasteiger partial charge in [0.2, 0.25) is 0 Å². The molecule has 0 N–H and O–H groups in total. The summed E-state index contributed by atoms with van der Waals surface area (Å²) in [6.07, 6.45) is 1.37. The van der Waals surface area contributed by atoms with E-state index in [0.717, 1.165) is 0 Å². The Hall–Kier alpha value is -2.02. The van der Waals surface area contributed by atoms with Crippen molar-refractivity contribution in [1.29, 1.82) is 0 Å². The fourth-order valence-corrected chi connectivity index (χ4v) is 2.94. The van der Waals surface area contributed by atoms with E-state index in [2.05, 4.69) is 15.0 Å². The molecule has 1 amide bonds. The Morgan fingerprint density at radius 3 is 2.57 bits per heavy atom. The molecule has 5 nitrogen and oxygen atoms in total. The summed E-state index contributed by atoms with van der Waals surface area (Å²) in [5.41, 5.74) is 1.80. The SMILES string of the molecule is CN(C(=O)c1ccc(Cl)cc1)c1nc(-c2cc(Cl)ncn2)cs1. The maximum absolute atomic E-state index is 12.5. The van der Waals surface area contributed by atoms with E-state index in [0.29, 0.717) is 32.3 Å². The zero-order valence-corrected chi connectivity index (χ0v) is 14.2. The minimum Gasteiger partial charge on any atom is -0.287 e. The van der Waals surface area contributed by atoms with E-state index >= 15 is 0 Å². The largest absolute Gasteiger partial charge is 0.287 e. The van der Waals surface area contributed by atoms with Crippen molar-refractivity contribution in [3.63, 3.8) is 0 Å². The highest BCUT2D eigenvalue weighted by Crippen LogP contribution is 2.27. The highest BCUT2D eigenvalue weighted by atomic mass is 35.5. The maximum atomic E-state index is 12.5. The van der Waals surface area contributed by atoms with Crippen molar-refractivity contribution >= 4 is 45.6 Å². The van der Waals surface area contributed by atoms with Crippen LogP contribution in [-0.4, -0.2) is 27.9 Å². The third kappa shape index (κ3) is 3.50. The molecule has 0 bridgehead atoms. The van der Waals surface area contributed by atoms with Gasteiger partial charge in [-0.25, -0.2) is 15.0 Å². The average Bonchev–Trinajstić information content (AvgIpc) is 3.04. The molecule has 0 aliphatic rings. The lowest BCUT2D eigenvalue weighted by Crippen LogP contribution is -2.25. The van der Waals surface area contributed by atoms with Crippen LogP contribution >= 0.6 is 34.5 Å². The lowest BCUT2D eigenvalue weighted by Gasteiger charge is -2.13. The number of nitrogens with zero attached hydrogens (tertiary/aromatic N) is 4. The Bertz CT molecular complexity index is 851. The van der Waals surface area contributed by atoms with Gasteiger partial charge >= 0.3 is 0 Å². The lowest BCUT2D eigenvalue weighted by molar-refractivity contribution is 0.0993. The smallest absolute Gasteiger partial charge is 0.259 e. The number of benzene rings is 1. The number of amides is 1. The Kier molecular flexibility index (Phi) is 4.56. The molecule has 0 aliphatic carbocycles. The van der Waals surface area contributed by atoms with Crippen LogP contribution in [-0.2, 0) is 0 Å². The molecule has 8 heteroatoms. The predicted molar refractivity (Wildman–Crippen MR) is 92.3 cm³/mol. The summed E-state index contributed by atoms with van der Waals surface area (Å²) < 4.78 is 0. The first-order valence-corrected chi connectivity index (χ1v) is 8.15. The first kappa shape index (κ1) is 15.9. The quantitative estimate of drug-likeness (QED) is 0.654. The van der Waals surface area contributed by atoms with Gasteiger partial charge in [0.1, 0.15) is 17.2 Å². The van der Waals surface area contributed by atoms with Gasteiger partial charge in [0, 0.05) is 29.1 Å². The fraction of sp³-hybridized carbons (Fsp3) is 0.0667. The van der Waals surface area contributed by atoms with Crippen LogP contribution in [0.3, 0.4) is 0 Å². The number of rotatable bonds is 3. The number of carbonyl (C=O) groups is 1. The zero-order chi connectivity index (χ0) is 16.4. The van der Waals surface area contributed by atoms with Crippen LogP contribution in [0, 0.1) is 0 Å². The topological polar surface area (TPSA) is 59.0 Å². The Labute approximate surface area is 146 Å². The first-order valence-electron chi connectivity index (χ1n) is 6.51. The molecule has 2 aromatic heterocycles. The van der Waals surface area contributed by atoms with Gasteiger partial charge in [-0.3, -0.25) is 9.69 Å². The Balaban J connectivity index is 1.84. The minimum atomic E-state index is -0.164. The summed E-state index contributed by atoms with van der Waals surface area (Å²) in [6.45, 7) is 0. The number of hydrogen-bond acceptors (Lipinski definition) is 5. The van der Waals surface area contributed by atoms with Crippen LogP contribution < -0.4 is 4.90 Å². The second-order valence-electron chi connectivity index (χ2n) is 4.61. The molecule has 0 saturated carbocycles. The zero-order valence-electron chi connectivity index (χ0n) is 11.9. The molecule has 23 heavy (non-hydrogen) atoms. The van der Waals surface area contributed by atoms with Crippen LogP contribution in [0.1, 0.15) is 10.4 Å². The monoisotopic (exact) mass is 364 g/mol. The van der Waals surface area contributed by atoms with E-state index < -0.39 is 0 Å². The summed E-state index contributed by atoms with van der Waals surface area (Å²) in [7, 11) is 1.67. The van der Waals surface area contributed by atoms with Crippen LogP contribution in [0.25, 0.3) is 11.4 Å². The Morgan fingerprint density at radius 2 is 1.87 bits per heavy atom. The molecule has 0 unspecified atom stereocenters. The third-order valence-electron chi connectivity index (χ3n) is 3.07. The van der Waals surface area contributed by atoms with Crippen molar-refractivity contribution in [2.45, 2.75) is 0 Å². The molecule has 2 heterocycles. The molecule has 0 spiro atoms. The van der Waals surface area contributed by atoms with Gasteiger partial charge in [-0.15, -0.1) is 11.3 Å². The average molecular weight is 365 g/mol. The van der Waals surface area contributed by atoms with Crippen molar-refractivity contribution in [3.8, 4) is 11.4 Å². The first-order chi connectivity index (χ1) is 11.0. The van der Waals surface area contributed by atoms with Gasteiger partial charge in [0.05, 0.1) is 5.69 Å². The Morgan fingerprint density at radius 1 is 1.13 bits per heavy atom. The highest BCUT2D eigenvalue weighted by Gasteiger charge is 2.17. The van der Waals surface area contributed by atoms with Crippen LogP contribution in [0.4, 0.5) is 5.13 Å². The standard InChI is InChI=1S/C15H10Cl2N4OS/c1-21(14(22)9-2-4-10(16)5-3-9)15-20-12(7-23-15)11-6-13(17)19-8-18-11/h2-8H,1H3. The number of hydrogen-bond donors (Lipinski definition) is 0. The molecule has 116 valence electrons. The van der Waals surface area contributed by atoms with E-state index in [1.807, 2.05) is 5.38 Å². The van der Waals surface area contributed by atoms with Crippen LogP contribution in [0.15, 0.2) is 42.0 Å². The maximum Gasteiger partial charge on any atom is 0.259 e. The van der Waals surface area contributed by atoms with E-state index in [-0.39, 0.29) is 5.91 Å². The van der Waals surface area contributed by atoms with Crippen molar-refractivity contribution in [2.24, 2.45) is 0 Å². The second kappa shape index (κ2) is 6.62. The normalized spacial score (nSPS) is 10.6. The van der Waals surface area contributed by atoms with Crippen LogP contribution in [0.2, 0.25) is 10.2 Å². The van der Waals surface area contributed by atoms with Gasteiger partial charge in [0.25, 0.3) is 5.91 Å². The number of anilines is 1. The van der Waals surface area contributed by atoms with Crippen molar-refractivity contribution in [2.75, 3.05) is 11.9 Å². The molecule has 3 aromatic rings. The molecule has 0 saturated heterocycles. The third-order valence-corrected chi connectivity index (χ3v) is 4.45. The molecular weight excluding hydrogens is 355 g/mol. The summed E-state index contributed by atoms with van der Waals surface area (Å²) in [5, 5.41) is 3.31. The van der Waals surface area contributed by atoms with Gasteiger partial charge in [-0.2, -0.15) is 0 Å². The molecule has 0 radical (unpaired) electrons. The number of thiazole rings is 1. The van der Waals surface area contributed by atoms with Gasteiger partial charge in [-0.05, 0) is 24.3 Å². The van der Waals surface area contributed by atoms with Crippen molar-refractivity contribution in [1.82, 2.24) is 15.0 Å². The molecule has 0 aliphatic heterocycles. The number of carbonyl (C=O) groups excluding carboxylic acids is 1. The fourth-order valence-electron chi connectivity index (χ4n) is 1.88. The van der Waals surface area contributed by atoms with Gasteiger partial charge in [0.15, 0.2) is 5.13 Å².